The van der Waals surface area contributed by atoms with Crippen LogP contribution in [0.3, 0.4) is 0 Å². The lowest BCUT2D eigenvalue weighted by Gasteiger charge is -2.18. The second-order valence-electron chi connectivity index (χ2n) is 4.30. The molecule has 0 aromatic heterocycles. The molecule has 0 bridgehead atoms. The predicted molar refractivity (Wildman–Crippen MR) is 83.7 cm³/mol. The van der Waals surface area contributed by atoms with Crippen molar-refractivity contribution < 1.29 is 4.39 Å². The van der Waals surface area contributed by atoms with E-state index >= 15 is 0 Å². The molecular weight excluding hydrogens is 373 g/mol. The maximum Gasteiger partial charge on any atom is 0.127 e. The normalized spacial score (nSPS) is 12.4. The number of nitrogens with one attached hydrogen (secondary N) is 1. The minimum Gasteiger partial charge on any atom is -0.313 e. The summed E-state index contributed by atoms with van der Waals surface area (Å²) in [5.74, 6) is -0.179. The molecule has 2 rings (SSSR count). The first-order valence-corrected chi connectivity index (χ1v) is 7.56. The summed E-state index contributed by atoms with van der Waals surface area (Å²) < 4.78 is 15.7. The Morgan fingerprint density at radius 3 is 2.53 bits per heavy atom. The van der Waals surface area contributed by atoms with E-state index in [2.05, 4.69) is 37.2 Å². The van der Waals surface area contributed by atoms with Crippen LogP contribution in [0.25, 0.3) is 0 Å². The molecule has 1 unspecified atom stereocenters. The quantitative estimate of drug-likeness (QED) is 0.791. The minimum absolute atomic E-state index is 0.0752. The molecule has 0 heterocycles. The van der Waals surface area contributed by atoms with Gasteiger partial charge in [-0.3, -0.25) is 0 Å². The van der Waals surface area contributed by atoms with E-state index < -0.39 is 0 Å². The zero-order valence-electron chi connectivity index (χ0n) is 10.5. The van der Waals surface area contributed by atoms with Gasteiger partial charge in [-0.1, -0.05) is 56.1 Å². The summed E-state index contributed by atoms with van der Waals surface area (Å²) in [6.07, 6.45) is 0.609. The van der Waals surface area contributed by atoms with Crippen LogP contribution in [0.1, 0.15) is 17.2 Å². The third kappa shape index (κ3) is 3.65. The van der Waals surface area contributed by atoms with Crippen LogP contribution in [0.5, 0.6) is 0 Å². The second-order valence-corrected chi connectivity index (χ2v) is 6.07. The van der Waals surface area contributed by atoms with E-state index in [1.54, 1.807) is 0 Å². The Labute approximate surface area is 129 Å². The molecule has 0 spiro atoms. The van der Waals surface area contributed by atoms with Crippen molar-refractivity contribution in [2.45, 2.75) is 12.5 Å². The largest absolute Gasteiger partial charge is 0.313 e. The van der Waals surface area contributed by atoms with Gasteiger partial charge < -0.3 is 5.32 Å². The van der Waals surface area contributed by atoms with E-state index in [-0.39, 0.29) is 11.9 Å². The Hall–Kier alpha value is -0.710. The monoisotopic (exact) mass is 385 g/mol. The predicted octanol–water partition coefficient (Wildman–Crippen LogP) is 4.85. The number of hydrogen-bond acceptors (Lipinski definition) is 1. The zero-order chi connectivity index (χ0) is 13.8. The summed E-state index contributed by atoms with van der Waals surface area (Å²) in [5.41, 5.74) is 1.84. The van der Waals surface area contributed by atoms with Gasteiger partial charge in [0.25, 0.3) is 0 Å². The SMILES string of the molecule is CNC(Cc1ccc(Br)cc1F)c1ccccc1Br. The molecule has 2 aromatic rings. The van der Waals surface area contributed by atoms with Crippen LogP contribution < -0.4 is 5.32 Å². The van der Waals surface area contributed by atoms with E-state index in [9.17, 15) is 4.39 Å². The Balaban J connectivity index is 2.27. The Bertz CT molecular complexity index is 572. The Kier molecular flexibility index (Phi) is 5.13. The van der Waals surface area contributed by atoms with Gasteiger partial charge in [-0.05, 0) is 42.8 Å². The lowest BCUT2D eigenvalue weighted by Crippen LogP contribution is -2.19. The molecule has 0 aliphatic rings. The van der Waals surface area contributed by atoms with Gasteiger partial charge in [0.2, 0.25) is 0 Å². The first-order valence-electron chi connectivity index (χ1n) is 5.97. The molecule has 100 valence electrons. The van der Waals surface area contributed by atoms with Crippen LogP contribution in [-0.4, -0.2) is 7.05 Å². The van der Waals surface area contributed by atoms with Crippen molar-refractivity contribution in [1.82, 2.24) is 5.32 Å². The second kappa shape index (κ2) is 6.64. The lowest BCUT2D eigenvalue weighted by molar-refractivity contribution is 0.552. The van der Waals surface area contributed by atoms with Crippen molar-refractivity contribution in [3.63, 3.8) is 0 Å². The topological polar surface area (TPSA) is 12.0 Å². The van der Waals surface area contributed by atoms with E-state index in [1.807, 2.05) is 43.4 Å². The zero-order valence-corrected chi connectivity index (χ0v) is 13.6. The lowest BCUT2D eigenvalue weighted by atomic mass is 9.99. The van der Waals surface area contributed by atoms with Gasteiger partial charge in [0.05, 0.1) is 0 Å². The smallest absolute Gasteiger partial charge is 0.127 e. The molecule has 4 heteroatoms. The minimum atomic E-state index is -0.179. The van der Waals surface area contributed by atoms with E-state index in [1.165, 1.54) is 6.07 Å². The van der Waals surface area contributed by atoms with Gasteiger partial charge >= 0.3 is 0 Å². The molecule has 0 radical (unpaired) electrons. The highest BCUT2D eigenvalue weighted by Crippen LogP contribution is 2.27. The molecular formula is C15H14Br2FN. The average molecular weight is 387 g/mol. The maximum absolute atomic E-state index is 13.9. The third-order valence-electron chi connectivity index (χ3n) is 3.07. The van der Waals surface area contributed by atoms with Crippen molar-refractivity contribution in [3.05, 3.63) is 68.4 Å². The average Bonchev–Trinajstić information content (AvgIpc) is 2.39. The molecule has 1 nitrogen and oxygen atoms in total. The molecule has 1 atom stereocenters. The fourth-order valence-corrected chi connectivity index (χ4v) is 2.93. The van der Waals surface area contributed by atoms with Gasteiger partial charge in [-0.15, -0.1) is 0 Å². The molecule has 0 aliphatic heterocycles. The number of benzene rings is 2. The highest BCUT2D eigenvalue weighted by Gasteiger charge is 2.15. The number of rotatable bonds is 4. The first-order chi connectivity index (χ1) is 9.11. The summed E-state index contributed by atoms with van der Waals surface area (Å²) in [7, 11) is 1.89. The third-order valence-corrected chi connectivity index (χ3v) is 4.28. The summed E-state index contributed by atoms with van der Waals surface area (Å²) in [6.45, 7) is 0. The van der Waals surface area contributed by atoms with Crippen LogP contribution in [0.15, 0.2) is 51.4 Å². The van der Waals surface area contributed by atoms with Crippen LogP contribution >= 0.6 is 31.9 Å². The molecule has 0 aliphatic carbocycles. The number of likely N-dealkylation sites (N-methyl/N-ethyl adjacent to an activating group) is 1. The summed E-state index contributed by atoms with van der Waals surface area (Å²) >= 11 is 6.81. The molecule has 0 fully saturated rings. The molecule has 19 heavy (non-hydrogen) atoms. The van der Waals surface area contributed by atoms with Crippen LogP contribution in [0.4, 0.5) is 4.39 Å². The van der Waals surface area contributed by atoms with Gasteiger partial charge in [0.15, 0.2) is 0 Å². The van der Waals surface area contributed by atoms with Crippen molar-refractivity contribution in [3.8, 4) is 0 Å². The fraction of sp³-hybridized carbons (Fsp3) is 0.200. The Morgan fingerprint density at radius 1 is 1.16 bits per heavy atom. The Morgan fingerprint density at radius 2 is 1.89 bits per heavy atom. The number of hydrogen-bond donors (Lipinski definition) is 1. The van der Waals surface area contributed by atoms with Crippen LogP contribution in [-0.2, 0) is 6.42 Å². The standard InChI is InChI=1S/C15H14Br2FN/c1-19-15(12-4-2-3-5-13(12)17)8-10-6-7-11(16)9-14(10)18/h2-7,9,15,19H,8H2,1H3. The summed E-state index contributed by atoms with van der Waals surface area (Å²) in [5, 5.41) is 3.24. The van der Waals surface area contributed by atoms with E-state index in [0.29, 0.717) is 12.0 Å². The van der Waals surface area contributed by atoms with Gasteiger partial charge in [-0.25, -0.2) is 4.39 Å². The van der Waals surface area contributed by atoms with Crippen molar-refractivity contribution in [2.75, 3.05) is 7.05 Å². The fourth-order valence-electron chi connectivity index (χ4n) is 2.03. The summed E-state index contributed by atoms with van der Waals surface area (Å²) in [4.78, 5) is 0. The summed E-state index contributed by atoms with van der Waals surface area (Å²) in [6, 6.07) is 13.3. The molecule has 0 amide bonds. The highest BCUT2D eigenvalue weighted by atomic mass is 79.9. The van der Waals surface area contributed by atoms with E-state index in [0.717, 1.165) is 14.5 Å². The molecule has 1 N–H and O–H groups in total. The van der Waals surface area contributed by atoms with Gasteiger partial charge in [0.1, 0.15) is 5.82 Å². The van der Waals surface area contributed by atoms with E-state index in [4.69, 9.17) is 0 Å². The van der Waals surface area contributed by atoms with Crippen LogP contribution in [0, 0.1) is 5.82 Å². The molecule has 0 saturated carbocycles. The highest BCUT2D eigenvalue weighted by molar-refractivity contribution is 9.10. The van der Waals surface area contributed by atoms with Crippen LogP contribution in [0.2, 0.25) is 0 Å². The van der Waals surface area contributed by atoms with Crippen molar-refractivity contribution in [2.24, 2.45) is 0 Å². The van der Waals surface area contributed by atoms with Crippen molar-refractivity contribution >= 4 is 31.9 Å². The maximum atomic E-state index is 13.9. The number of halogens is 3. The first kappa shape index (κ1) is 14.7. The molecule has 2 aromatic carbocycles. The van der Waals surface area contributed by atoms with Gasteiger partial charge in [0, 0.05) is 15.0 Å². The molecule has 0 saturated heterocycles. The van der Waals surface area contributed by atoms with Crippen molar-refractivity contribution in [1.29, 1.82) is 0 Å². The van der Waals surface area contributed by atoms with Gasteiger partial charge in [-0.2, -0.15) is 0 Å².